The van der Waals surface area contributed by atoms with Crippen molar-refractivity contribution in [2.45, 2.75) is 0 Å². The molecule has 0 aliphatic carbocycles. The summed E-state index contributed by atoms with van der Waals surface area (Å²) in [5.41, 5.74) is 0.292. The molecule has 1 aromatic heterocycles. The first-order valence-electron chi connectivity index (χ1n) is 2.12. The molecule has 0 unspecified atom stereocenters. The van der Waals surface area contributed by atoms with Crippen LogP contribution in [0.15, 0.2) is 11.4 Å². The van der Waals surface area contributed by atoms with Gasteiger partial charge in [0.15, 0.2) is 0 Å². The molecule has 0 spiro atoms. The molecule has 48 valence electrons. The van der Waals surface area contributed by atoms with Gasteiger partial charge in [-0.3, -0.25) is 0 Å². The Kier molecular flexibility index (Phi) is 1.31. The summed E-state index contributed by atoms with van der Waals surface area (Å²) in [5, 5.41) is 25.6. The second-order valence-electron chi connectivity index (χ2n) is 1.31. The highest BCUT2D eigenvalue weighted by atomic mass is 16.5. The third-order valence-electron chi connectivity index (χ3n) is 0.690. The molecule has 0 saturated heterocycles. The summed E-state index contributed by atoms with van der Waals surface area (Å²) in [6, 6.07) is 0. The van der Waals surface area contributed by atoms with E-state index in [-0.39, 0.29) is 0 Å². The van der Waals surface area contributed by atoms with Crippen molar-refractivity contribution in [2.75, 3.05) is 0 Å². The van der Waals surface area contributed by atoms with Gasteiger partial charge >= 0.3 is 0 Å². The van der Waals surface area contributed by atoms with Gasteiger partial charge in [-0.1, -0.05) is 10.0 Å². The Morgan fingerprint density at radius 1 is 1.78 bits per heavy atom. The van der Waals surface area contributed by atoms with Gasteiger partial charge in [0.1, 0.15) is 5.69 Å². The molecule has 0 amide bonds. The fraction of sp³-hybridized carbons (Fsp3) is 0. The maximum atomic E-state index is 8.48. The molecule has 9 heavy (non-hydrogen) atoms. The first kappa shape index (κ1) is 5.54. The van der Waals surface area contributed by atoms with E-state index in [0.717, 1.165) is 6.21 Å². The molecular weight excluding hydrogens is 124 g/mol. The Labute approximate surface area is 50.0 Å². The summed E-state index contributed by atoms with van der Waals surface area (Å²) in [5.74, 6) is 0. The van der Waals surface area contributed by atoms with Crippen LogP contribution in [0, 0.1) is 0 Å². The van der Waals surface area contributed by atoms with Crippen LogP contribution in [-0.4, -0.2) is 31.8 Å². The van der Waals surface area contributed by atoms with Crippen LogP contribution in [0.1, 0.15) is 5.69 Å². The van der Waals surface area contributed by atoms with Crippen LogP contribution in [0.3, 0.4) is 0 Å². The van der Waals surface area contributed by atoms with Gasteiger partial charge in [-0.25, -0.2) is 0 Å². The van der Waals surface area contributed by atoms with Gasteiger partial charge in [-0.15, -0.1) is 5.10 Å². The van der Waals surface area contributed by atoms with E-state index < -0.39 is 0 Å². The number of hydrogen-bond donors (Lipinski definition) is 2. The van der Waals surface area contributed by atoms with E-state index in [9.17, 15) is 0 Å². The molecule has 6 nitrogen and oxygen atoms in total. The van der Waals surface area contributed by atoms with Crippen molar-refractivity contribution < 1.29 is 10.4 Å². The summed E-state index contributed by atoms with van der Waals surface area (Å²) in [4.78, 5) is 0.525. The van der Waals surface area contributed by atoms with E-state index in [1.54, 1.807) is 0 Å². The molecule has 0 aliphatic heterocycles. The van der Waals surface area contributed by atoms with Crippen molar-refractivity contribution in [1.82, 2.24) is 15.2 Å². The average molecular weight is 128 g/mol. The van der Waals surface area contributed by atoms with E-state index in [2.05, 4.69) is 15.5 Å². The highest BCUT2D eigenvalue weighted by Gasteiger charge is 1.92. The van der Waals surface area contributed by atoms with Gasteiger partial charge in [-0.2, -0.15) is 0 Å². The fourth-order valence-electron chi connectivity index (χ4n) is 0.386. The summed E-state index contributed by atoms with van der Waals surface area (Å²) < 4.78 is 0. The smallest absolute Gasteiger partial charge is 0.131 e. The van der Waals surface area contributed by atoms with E-state index >= 15 is 0 Å². The quantitative estimate of drug-likeness (QED) is 0.227. The zero-order valence-corrected chi connectivity index (χ0v) is 4.34. The maximum absolute atomic E-state index is 8.48. The molecule has 0 atom stereocenters. The molecule has 2 N–H and O–H groups in total. The lowest BCUT2D eigenvalue weighted by Gasteiger charge is -1.75. The SMILES string of the molecule is ON=Cc1cn(O)nn1. The molecule has 0 saturated carbocycles. The first-order valence-corrected chi connectivity index (χ1v) is 2.12. The third-order valence-corrected chi connectivity index (χ3v) is 0.690. The lowest BCUT2D eigenvalue weighted by molar-refractivity contribution is 0.143. The molecule has 1 aromatic rings. The van der Waals surface area contributed by atoms with Crippen LogP contribution in [0.4, 0.5) is 0 Å². The summed E-state index contributed by atoms with van der Waals surface area (Å²) in [7, 11) is 0. The summed E-state index contributed by atoms with van der Waals surface area (Å²) in [6.07, 6.45) is 2.25. The molecule has 0 fully saturated rings. The molecular formula is C3H4N4O2. The van der Waals surface area contributed by atoms with Gasteiger partial charge in [0.25, 0.3) is 0 Å². The van der Waals surface area contributed by atoms with Crippen molar-refractivity contribution in [3.63, 3.8) is 0 Å². The van der Waals surface area contributed by atoms with Crippen LogP contribution >= 0.6 is 0 Å². The lowest BCUT2D eigenvalue weighted by atomic mass is 10.5. The molecule has 1 heterocycles. The lowest BCUT2D eigenvalue weighted by Crippen LogP contribution is -1.88. The van der Waals surface area contributed by atoms with Crippen molar-refractivity contribution in [3.8, 4) is 0 Å². The van der Waals surface area contributed by atoms with E-state index in [0.29, 0.717) is 10.5 Å². The Hall–Kier alpha value is -1.59. The zero-order valence-electron chi connectivity index (χ0n) is 4.34. The number of hydrogen-bond acceptors (Lipinski definition) is 5. The number of nitrogens with zero attached hydrogens (tertiary/aromatic N) is 4. The van der Waals surface area contributed by atoms with Crippen molar-refractivity contribution in [2.24, 2.45) is 5.16 Å². The molecule has 0 radical (unpaired) electrons. The van der Waals surface area contributed by atoms with Crippen LogP contribution in [0.5, 0.6) is 0 Å². The van der Waals surface area contributed by atoms with Crippen LogP contribution < -0.4 is 0 Å². The molecule has 0 aliphatic rings. The van der Waals surface area contributed by atoms with E-state index in [4.69, 9.17) is 10.4 Å². The largest absolute Gasteiger partial charge is 0.411 e. The first-order chi connectivity index (χ1) is 4.33. The minimum atomic E-state index is 0.292. The van der Waals surface area contributed by atoms with Crippen LogP contribution in [0.25, 0.3) is 0 Å². The van der Waals surface area contributed by atoms with E-state index in [1.807, 2.05) is 0 Å². The van der Waals surface area contributed by atoms with Gasteiger partial charge in [0.2, 0.25) is 0 Å². The highest BCUT2D eigenvalue weighted by molar-refractivity contribution is 5.75. The molecule has 0 aromatic carbocycles. The minimum absolute atomic E-state index is 0.292. The van der Waals surface area contributed by atoms with Crippen molar-refractivity contribution in [1.29, 1.82) is 0 Å². The second-order valence-corrected chi connectivity index (χ2v) is 1.31. The second kappa shape index (κ2) is 2.12. The summed E-state index contributed by atoms with van der Waals surface area (Å²) in [6.45, 7) is 0. The number of oxime groups is 1. The van der Waals surface area contributed by atoms with Crippen molar-refractivity contribution in [3.05, 3.63) is 11.9 Å². The van der Waals surface area contributed by atoms with Crippen LogP contribution in [-0.2, 0) is 0 Å². The Morgan fingerprint density at radius 2 is 2.56 bits per heavy atom. The Bertz CT molecular complexity index is 217. The zero-order chi connectivity index (χ0) is 6.69. The molecule has 0 bridgehead atoms. The van der Waals surface area contributed by atoms with Gasteiger partial charge in [0, 0.05) is 0 Å². The molecule has 1 rings (SSSR count). The Morgan fingerprint density at radius 3 is 3.00 bits per heavy atom. The van der Waals surface area contributed by atoms with Gasteiger partial charge < -0.3 is 10.4 Å². The van der Waals surface area contributed by atoms with E-state index in [1.165, 1.54) is 6.20 Å². The number of rotatable bonds is 1. The topological polar surface area (TPSA) is 83.5 Å². The normalized spacial score (nSPS) is 10.7. The predicted molar refractivity (Wildman–Crippen MR) is 26.6 cm³/mol. The van der Waals surface area contributed by atoms with Gasteiger partial charge in [0.05, 0.1) is 12.4 Å². The molecule has 6 heteroatoms. The Balaban J connectivity index is 2.85. The monoisotopic (exact) mass is 128 g/mol. The fourth-order valence-corrected chi connectivity index (χ4v) is 0.386. The van der Waals surface area contributed by atoms with Gasteiger partial charge in [-0.05, 0) is 5.21 Å². The summed E-state index contributed by atoms with van der Waals surface area (Å²) >= 11 is 0. The third kappa shape index (κ3) is 1.15. The highest BCUT2D eigenvalue weighted by Crippen LogP contribution is 1.83. The van der Waals surface area contributed by atoms with Crippen LogP contribution in [0.2, 0.25) is 0 Å². The van der Waals surface area contributed by atoms with Crippen molar-refractivity contribution >= 4 is 6.21 Å². The average Bonchev–Trinajstić information content (AvgIpc) is 2.17. The standard InChI is InChI=1S/C3H4N4O2/c8-4-1-3-2-7(9)6-5-3/h1-2,8-9H. The predicted octanol–water partition coefficient (Wildman–Crippen LogP) is -0.677. The number of aromatic nitrogens is 3. The maximum Gasteiger partial charge on any atom is 0.131 e. The minimum Gasteiger partial charge on any atom is -0.411 e.